The molecule has 1 heterocycles. The van der Waals surface area contributed by atoms with Crippen molar-refractivity contribution in [2.75, 3.05) is 6.54 Å². The number of nitrogens with zero attached hydrogens (tertiary/aromatic N) is 2. The summed E-state index contributed by atoms with van der Waals surface area (Å²) < 4.78 is 2.68. The standard InChI is InChI=1S/C15H15IN2O2/c1-15(2)13(19)17(10-6-9-16)14(20)18(15)11-12-7-4-3-5-8-12/h3-5,7-8H,10-11H2,1-2H3. The van der Waals surface area contributed by atoms with Crippen molar-refractivity contribution in [3.63, 3.8) is 0 Å². The topological polar surface area (TPSA) is 40.6 Å². The fraction of sp³-hybridized carbons (Fsp3) is 0.333. The van der Waals surface area contributed by atoms with Crippen LogP contribution in [0.2, 0.25) is 0 Å². The van der Waals surface area contributed by atoms with E-state index in [2.05, 4.69) is 9.85 Å². The number of urea groups is 1. The van der Waals surface area contributed by atoms with E-state index in [1.54, 1.807) is 18.7 Å². The lowest BCUT2D eigenvalue weighted by Gasteiger charge is -2.27. The molecule has 1 fully saturated rings. The Labute approximate surface area is 132 Å². The Morgan fingerprint density at radius 2 is 1.85 bits per heavy atom. The predicted molar refractivity (Wildman–Crippen MR) is 85.0 cm³/mol. The molecule has 1 aromatic rings. The molecule has 0 bridgehead atoms. The Bertz CT molecular complexity index is 587. The van der Waals surface area contributed by atoms with Gasteiger partial charge in [0.2, 0.25) is 0 Å². The molecule has 2 rings (SSSR count). The van der Waals surface area contributed by atoms with E-state index in [-0.39, 0.29) is 18.5 Å². The average molecular weight is 382 g/mol. The van der Waals surface area contributed by atoms with Crippen molar-refractivity contribution in [3.05, 3.63) is 35.9 Å². The summed E-state index contributed by atoms with van der Waals surface area (Å²) in [5.41, 5.74) is 0.170. The van der Waals surface area contributed by atoms with Crippen LogP contribution >= 0.6 is 22.6 Å². The molecule has 1 aromatic carbocycles. The number of rotatable bonds is 3. The summed E-state index contributed by atoms with van der Waals surface area (Å²) in [7, 11) is 0. The monoisotopic (exact) mass is 382 g/mol. The van der Waals surface area contributed by atoms with Crippen LogP contribution < -0.4 is 0 Å². The van der Waals surface area contributed by atoms with E-state index in [0.29, 0.717) is 6.54 Å². The highest BCUT2D eigenvalue weighted by molar-refractivity contribution is 14.1. The normalized spacial score (nSPS) is 17.1. The van der Waals surface area contributed by atoms with Crippen molar-refractivity contribution in [1.82, 2.24) is 9.80 Å². The number of carbonyl (C=O) groups excluding carboxylic acids is 2. The molecule has 1 aliphatic rings. The third kappa shape index (κ3) is 2.66. The van der Waals surface area contributed by atoms with E-state index >= 15 is 0 Å². The first-order valence-corrected chi connectivity index (χ1v) is 7.32. The zero-order chi connectivity index (χ0) is 14.8. The summed E-state index contributed by atoms with van der Waals surface area (Å²) in [6.45, 7) is 4.11. The second-order valence-corrected chi connectivity index (χ2v) is 5.62. The molecule has 0 spiro atoms. The number of hydrogen-bond donors (Lipinski definition) is 0. The molecule has 0 unspecified atom stereocenters. The van der Waals surface area contributed by atoms with Gasteiger partial charge in [-0.25, -0.2) is 4.79 Å². The quantitative estimate of drug-likeness (QED) is 0.458. The Kier molecular flexibility index (Phi) is 4.33. The number of imide groups is 1. The largest absolute Gasteiger partial charge is 0.328 e. The van der Waals surface area contributed by atoms with Gasteiger partial charge in [0.15, 0.2) is 0 Å². The highest BCUT2D eigenvalue weighted by Gasteiger charge is 2.50. The smallest absolute Gasteiger partial charge is 0.306 e. The fourth-order valence-electron chi connectivity index (χ4n) is 2.20. The molecule has 0 N–H and O–H groups in total. The number of hydrogen-bond acceptors (Lipinski definition) is 2. The van der Waals surface area contributed by atoms with Crippen LogP contribution in [-0.4, -0.2) is 33.8 Å². The first-order chi connectivity index (χ1) is 9.48. The second kappa shape index (κ2) is 5.83. The molecule has 104 valence electrons. The molecule has 0 atom stereocenters. The number of benzene rings is 1. The Morgan fingerprint density at radius 3 is 2.45 bits per heavy atom. The van der Waals surface area contributed by atoms with Crippen molar-refractivity contribution in [1.29, 1.82) is 0 Å². The Hall–Kier alpha value is -1.55. The highest BCUT2D eigenvalue weighted by Crippen LogP contribution is 2.29. The van der Waals surface area contributed by atoms with Gasteiger partial charge >= 0.3 is 6.03 Å². The molecule has 20 heavy (non-hydrogen) atoms. The molecule has 1 aliphatic heterocycles. The zero-order valence-corrected chi connectivity index (χ0v) is 13.5. The maximum Gasteiger partial charge on any atom is 0.328 e. The second-order valence-electron chi connectivity index (χ2n) is 5.08. The third-order valence-corrected chi connectivity index (χ3v) is 3.77. The van der Waals surface area contributed by atoms with Crippen LogP contribution in [0.4, 0.5) is 4.79 Å². The predicted octanol–water partition coefficient (Wildman–Crippen LogP) is 2.63. The number of halogens is 1. The van der Waals surface area contributed by atoms with Gasteiger partial charge in [0.1, 0.15) is 5.54 Å². The van der Waals surface area contributed by atoms with Crippen LogP contribution in [0.15, 0.2) is 30.3 Å². The van der Waals surface area contributed by atoms with Crippen LogP contribution in [-0.2, 0) is 11.3 Å². The molecular weight excluding hydrogens is 367 g/mol. The van der Waals surface area contributed by atoms with Gasteiger partial charge in [-0.2, -0.15) is 0 Å². The number of carbonyl (C=O) groups is 2. The van der Waals surface area contributed by atoms with E-state index in [9.17, 15) is 9.59 Å². The third-order valence-electron chi connectivity index (χ3n) is 3.39. The molecule has 1 saturated heterocycles. The zero-order valence-electron chi connectivity index (χ0n) is 11.4. The van der Waals surface area contributed by atoms with E-state index < -0.39 is 5.54 Å². The van der Waals surface area contributed by atoms with Crippen molar-refractivity contribution >= 4 is 34.5 Å². The van der Waals surface area contributed by atoms with Gasteiger partial charge in [-0.15, -0.1) is 0 Å². The number of amides is 3. The lowest BCUT2D eigenvalue weighted by atomic mass is 10.0. The van der Waals surface area contributed by atoms with Crippen LogP contribution in [0.5, 0.6) is 0 Å². The minimum Gasteiger partial charge on any atom is -0.306 e. The molecule has 0 aliphatic carbocycles. The van der Waals surface area contributed by atoms with Gasteiger partial charge in [0, 0.05) is 29.1 Å². The lowest BCUT2D eigenvalue weighted by Crippen LogP contribution is -2.43. The molecule has 5 heteroatoms. The van der Waals surface area contributed by atoms with Crippen molar-refractivity contribution in [2.24, 2.45) is 0 Å². The average Bonchev–Trinajstić information content (AvgIpc) is 2.59. The van der Waals surface area contributed by atoms with Gasteiger partial charge in [-0.05, 0) is 23.3 Å². The van der Waals surface area contributed by atoms with E-state index in [1.165, 1.54) is 4.90 Å². The molecule has 0 saturated carbocycles. The highest BCUT2D eigenvalue weighted by atomic mass is 127. The van der Waals surface area contributed by atoms with E-state index in [0.717, 1.165) is 5.56 Å². The molecule has 3 amide bonds. The maximum absolute atomic E-state index is 12.4. The van der Waals surface area contributed by atoms with Crippen molar-refractivity contribution in [2.45, 2.75) is 25.9 Å². The van der Waals surface area contributed by atoms with Crippen LogP contribution in [0.25, 0.3) is 0 Å². The van der Waals surface area contributed by atoms with Gasteiger partial charge < -0.3 is 4.90 Å². The van der Waals surface area contributed by atoms with Gasteiger partial charge in [-0.3, -0.25) is 9.69 Å². The summed E-state index contributed by atoms with van der Waals surface area (Å²) in [5.74, 6) is 2.57. The van der Waals surface area contributed by atoms with Crippen molar-refractivity contribution in [3.8, 4) is 9.85 Å². The van der Waals surface area contributed by atoms with Gasteiger partial charge in [-0.1, -0.05) is 36.3 Å². The summed E-state index contributed by atoms with van der Waals surface area (Å²) in [6.07, 6.45) is 0. The Morgan fingerprint density at radius 1 is 1.20 bits per heavy atom. The first-order valence-electron chi connectivity index (χ1n) is 6.24. The molecular formula is C15H15IN2O2. The minimum absolute atomic E-state index is 0.148. The molecule has 4 nitrogen and oxygen atoms in total. The Balaban J connectivity index is 2.25. The SMILES string of the molecule is CC1(C)C(=O)N(CC#CI)C(=O)N1Cc1ccccc1. The van der Waals surface area contributed by atoms with E-state index in [4.69, 9.17) is 0 Å². The molecule has 0 aromatic heterocycles. The van der Waals surface area contributed by atoms with Crippen LogP contribution in [0.1, 0.15) is 19.4 Å². The minimum atomic E-state index is -0.833. The summed E-state index contributed by atoms with van der Waals surface area (Å²) >= 11 is 1.90. The van der Waals surface area contributed by atoms with Gasteiger partial charge in [0.25, 0.3) is 5.91 Å². The first kappa shape index (κ1) is 14.9. The van der Waals surface area contributed by atoms with Crippen molar-refractivity contribution < 1.29 is 9.59 Å². The lowest BCUT2D eigenvalue weighted by molar-refractivity contribution is -0.131. The van der Waals surface area contributed by atoms with E-state index in [1.807, 2.05) is 52.9 Å². The summed E-state index contributed by atoms with van der Waals surface area (Å²) in [6, 6.07) is 9.38. The van der Waals surface area contributed by atoms with Gasteiger partial charge in [0.05, 0.1) is 6.54 Å². The fourth-order valence-corrected chi connectivity index (χ4v) is 2.37. The van der Waals surface area contributed by atoms with Crippen LogP contribution in [0, 0.1) is 9.85 Å². The summed E-state index contributed by atoms with van der Waals surface area (Å²) in [5, 5.41) is 0. The molecule has 0 radical (unpaired) electrons. The summed E-state index contributed by atoms with van der Waals surface area (Å²) in [4.78, 5) is 27.6. The van der Waals surface area contributed by atoms with Crippen LogP contribution in [0.3, 0.4) is 0 Å². The maximum atomic E-state index is 12.4.